The van der Waals surface area contributed by atoms with E-state index in [9.17, 15) is 4.79 Å². The average Bonchev–Trinajstić information content (AvgIpc) is 2.91. The van der Waals surface area contributed by atoms with Gasteiger partial charge in [-0.2, -0.15) is 0 Å². The Hall–Kier alpha value is -1.55. The van der Waals surface area contributed by atoms with Crippen LogP contribution in [0.1, 0.15) is 33.6 Å². The minimum Gasteiger partial charge on any atom is -0.370 e. The molecular formula is C16H25N3O. The van der Waals surface area contributed by atoms with Gasteiger partial charge >= 0.3 is 0 Å². The summed E-state index contributed by atoms with van der Waals surface area (Å²) in [6.45, 7) is 8.04. The van der Waals surface area contributed by atoms with Gasteiger partial charge < -0.3 is 16.0 Å². The van der Waals surface area contributed by atoms with Crippen molar-refractivity contribution in [1.29, 1.82) is 0 Å². The minimum absolute atomic E-state index is 0.121. The molecule has 1 aliphatic heterocycles. The molecule has 2 rings (SSSR count). The number of nitrogens with two attached hydrogens (primary N) is 1. The molecule has 4 heteroatoms. The largest absolute Gasteiger partial charge is 0.370 e. The number of benzene rings is 1. The van der Waals surface area contributed by atoms with Crippen LogP contribution in [0, 0.1) is 5.41 Å². The number of hydrogen-bond donors (Lipinski definition) is 2. The van der Waals surface area contributed by atoms with Gasteiger partial charge in [0.25, 0.3) is 0 Å². The Morgan fingerprint density at radius 3 is 2.45 bits per heavy atom. The summed E-state index contributed by atoms with van der Waals surface area (Å²) in [6.07, 6.45) is 2.42. The molecule has 1 saturated heterocycles. The van der Waals surface area contributed by atoms with Gasteiger partial charge in [-0.3, -0.25) is 4.79 Å². The Morgan fingerprint density at radius 2 is 1.85 bits per heavy atom. The lowest BCUT2D eigenvalue weighted by Crippen LogP contribution is -2.45. The van der Waals surface area contributed by atoms with Crippen molar-refractivity contribution in [2.45, 2.75) is 39.7 Å². The van der Waals surface area contributed by atoms with Crippen molar-refractivity contribution in [2.24, 2.45) is 11.1 Å². The lowest BCUT2D eigenvalue weighted by Gasteiger charge is -2.27. The zero-order valence-electron chi connectivity index (χ0n) is 12.6. The maximum Gasteiger partial charge on any atom is 0.241 e. The Bertz CT molecular complexity index is 473. The Kier molecular flexibility index (Phi) is 4.33. The molecule has 1 atom stereocenters. The summed E-state index contributed by atoms with van der Waals surface area (Å²) >= 11 is 0. The van der Waals surface area contributed by atoms with Crippen molar-refractivity contribution in [3.8, 4) is 0 Å². The monoisotopic (exact) mass is 275 g/mol. The first-order valence-electron chi connectivity index (χ1n) is 7.30. The highest BCUT2D eigenvalue weighted by Gasteiger charge is 2.28. The second kappa shape index (κ2) is 5.83. The first-order valence-corrected chi connectivity index (χ1v) is 7.30. The highest BCUT2D eigenvalue weighted by molar-refractivity contribution is 5.98. The molecule has 1 aromatic carbocycles. The third kappa shape index (κ3) is 3.31. The van der Waals surface area contributed by atoms with Crippen LogP contribution in [0.3, 0.4) is 0 Å². The normalized spacial score (nSPS) is 17.1. The Labute approximate surface area is 121 Å². The van der Waals surface area contributed by atoms with Crippen LogP contribution < -0.4 is 16.0 Å². The SMILES string of the molecule is CC(C)(C)[C@@H](N)C(=O)Nc1ccccc1N1CCCC1. The highest BCUT2D eigenvalue weighted by atomic mass is 16.2. The van der Waals surface area contributed by atoms with Crippen LogP contribution in [0.15, 0.2) is 24.3 Å². The van der Waals surface area contributed by atoms with E-state index in [0.717, 1.165) is 24.5 Å². The van der Waals surface area contributed by atoms with E-state index in [1.165, 1.54) is 12.8 Å². The molecule has 4 nitrogen and oxygen atoms in total. The van der Waals surface area contributed by atoms with E-state index in [4.69, 9.17) is 5.73 Å². The molecule has 0 saturated carbocycles. The van der Waals surface area contributed by atoms with Gasteiger partial charge in [-0.1, -0.05) is 32.9 Å². The highest BCUT2D eigenvalue weighted by Crippen LogP contribution is 2.29. The molecule has 1 heterocycles. The van der Waals surface area contributed by atoms with Crippen LogP contribution in [0.2, 0.25) is 0 Å². The number of nitrogens with one attached hydrogen (secondary N) is 1. The van der Waals surface area contributed by atoms with Crippen LogP contribution in [0.4, 0.5) is 11.4 Å². The van der Waals surface area contributed by atoms with Gasteiger partial charge in [-0.05, 0) is 30.4 Å². The predicted molar refractivity (Wildman–Crippen MR) is 83.9 cm³/mol. The van der Waals surface area contributed by atoms with Gasteiger partial charge in [-0.25, -0.2) is 0 Å². The van der Waals surface area contributed by atoms with Crippen molar-refractivity contribution < 1.29 is 4.79 Å². The summed E-state index contributed by atoms with van der Waals surface area (Å²) < 4.78 is 0. The zero-order chi connectivity index (χ0) is 14.8. The fourth-order valence-electron chi connectivity index (χ4n) is 2.42. The van der Waals surface area contributed by atoms with E-state index in [1.54, 1.807) is 0 Å². The van der Waals surface area contributed by atoms with E-state index >= 15 is 0 Å². The topological polar surface area (TPSA) is 58.4 Å². The summed E-state index contributed by atoms with van der Waals surface area (Å²) in [4.78, 5) is 14.6. The lowest BCUT2D eigenvalue weighted by atomic mass is 9.87. The molecule has 1 amide bonds. The smallest absolute Gasteiger partial charge is 0.241 e. The summed E-state index contributed by atoms with van der Waals surface area (Å²) in [6, 6.07) is 7.43. The van der Waals surface area contributed by atoms with Gasteiger partial charge in [0.2, 0.25) is 5.91 Å². The molecule has 0 unspecified atom stereocenters. The molecule has 0 radical (unpaired) electrons. The Morgan fingerprint density at radius 1 is 1.25 bits per heavy atom. The minimum atomic E-state index is -0.519. The molecule has 0 spiro atoms. The molecule has 1 aromatic rings. The van der Waals surface area contributed by atoms with Crippen LogP contribution in [0.25, 0.3) is 0 Å². The quantitative estimate of drug-likeness (QED) is 0.891. The van der Waals surface area contributed by atoms with Gasteiger partial charge in [0.05, 0.1) is 17.4 Å². The number of nitrogens with zero attached hydrogens (tertiary/aromatic N) is 1. The average molecular weight is 275 g/mol. The number of hydrogen-bond acceptors (Lipinski definition) is 3. The third-order valence-corrected chi connectivity index (χ3v) is 3.82. The Balaban J connectivity index is 2.15. The molecule has 3 N–H and O–H groups in total. The van der Waals surface area contributed by atoms with Gasteiger partial charge in [-0.15, -0.1) is 0 Å². The third-order valence-electron chi connectivity index (χ3n) is 3.82. The molecule has 0 aromatic heterocycles. The van der Waals surface area contributed by atoms with Crippen molar-refractivity contribution in [3.63, 3.8) is 0 Å². The molecule has 110 valence electrons. The zero-order valence-corrected chi connectivity index (χ0v) is 12.6. The molecule has 20 heavy (non-hydrogen) atoms. The van der Waals surface area contributed by atoms with Crippen LogP contribution in [-0.2, 0) is 4.79 Å². The molecule has 0 aliphatic carbocycles. The van der Waals surface area contributed by atoms with E-state index in [2.05, 4.69) is 16.3 Å². The van der Waals surface area contributed by atoms with Crippen molar-refractivity contribution in [1.82, 2.24) is 0 Å². The second-order valence-electron chi connectivity index (χ2n) is 6.54. The molecule has 0 bridgehead atoms. The van der Waals surface area contributed by atoms with E-state index in [0.29, 0.717) is 0 Å². The summed E-state index contributed by atoms with van der Waals surface area (Å²) in [5, 5.41) is 2.99. The first-order chi connectivity index (χ1) is 9.39. The number of para-hydroxylation sites is 2. The molecular weight excluding hydrogens is 250 g/mol. The van der Waals surface area contributed by atoms with E-state index < -0.39 is 6.04 Å². The maximum atomic E-state index is 12.3. The fourth-order valence-corrected chi connectivity index (χ4v) is 2.42. The van der Waals surface area contributed by atoms with Crippen LogP contribution in [-0.4, -0.2) is 25.0 Å². The predicted octanol–water partition coefficient (Wildman–Crippen LogP) is 2.60. The second-order valence-corrected chi connectivity index (χ2v) is 6.54. The van der Waals surface area contributed by atoms with Crippen LogP contribution >= 0.6 is 0 Å². The number of carbonyl (C=O) groups excluding carboxylic acids is 1. The van der Waals surface area contributed by atoms with E-state index in [-0.39, 0.29) is 11.3 Å². The van der Waals surface area contributed by atoms with Gasteiger partial charge in [0.15, 0.2) is 0 Å². The summed E-state index contributed by atoms with van der Waals surface area (Å²) in [7, 11) is 0. The van der Waals surface area contributed by atoms with E-state index in [1.807, 2.05) is 39.0 Å². The number of amides is 1. The van der Waals surface area contributed by atoms with Gasteiger partial charge in [0.1, 0.15) is 0 Å². The standard InChI is InChI=1S/C16H25N3O/c1-16(2,3)14(17)15(20)18-12-8-4-5-9-13(12)19-10-6-7-11-19/h4-5,8-9,14H,6-7,10-11,17H2,1-3H3,(H,18,20)/t14-/m0/s1. The van der Waals surface area contributed by atoms with Crippen LogP contribution in [0.5, 0.6) is 0 Å². The van der Waals surface area contributed by atoms with Crippen molar-refractivity contribution >= 4 is 17.3 Å². The summed E-state index contributed by atoms with van der Waals surface area (Å²) in [5.41, 5.74) is 7.73. The fraction of sp³-hybridized carbons (Fsp3) is 0.562. The lowest BCUT2D eigenvalue weighted by molar-refractivity contribution is -0.119. The van der Waals surface area contributed by atoms with Crippen molar-refractivity contribution in [2.75, 3.05) is 23.3 Å². The summed E-state index contributed by atoms with van der Waals surface area (Å²) in [5.74, 6) is -0.121. The van der Waals surface area contributed by atoms with Crippen molar-refractivity contribution in [3.05, 3.63) is 24.3 Å². The maximum absolute atomic E-state index is 12.3. The molecule has 1 aliphatic rings. The number of anilines is 2. The first kappa shape index (κ1) is 14.9. The molecule has 1 fully saturated rings. The number of rotatable bonds is 3. The number of carbonyl (C=O) groups is 1. The van der Waals surface area contributed by atoms with Gasteiger partial charge in [0, 0.05) is 13.1 Å².